The van der Waals surface area contributed by atoms with Gasteiger partial charge < -0.3 is 14.9 Å². The summed E-state index contributed by atoms with van der Waals surface area (Å²) in [7, 11) is 0. The van der Waals surface area contributed by atoms with Crippen LogP contribution in [0.4, 0.5) is 0 Å². The van der Waals surface area contributed by atoms with E-state index in [1.165, 1.54) is 0 Å². The molecule has 3 rings (SSSR count). The average molecular weight is 373 g/mol. The number of aliphatic carboxylic acids is 1. The highest BCUT2D eigenvalue weighted by molar-refractivity contribution is 5.78. The van der Waals surface area contributed by atoms with Gasteiger partial charge in [0.2, 0.25) is 23.4 Å². The average Bonchev–Trinajstić information content (AvgIpc) is 3.12. The van der Waals surface area contributed by atoms with Gasteiger partial charge in [-0.15, -0.1) is 0 Å². The Bertz CT molecular complexity index is 764. The second kappa shape index (κ2) is 9.20. The second-order valence-electron chi connectivity index (χ2n) is 6.69. The van der Waals surface area contributed by atoms with Crippen LogP contribution in [0.1, 0.15) is 50.8 Å². The zero-order valence-electron chi connectivity index (χ0n) is 15.0. The Morgan fingerprint density at radius 3 is 2.59 bits per heavy atom. The lowest BCUT2D eigenvalue weighted by molar-refractivity contribution is -0.143. The lowest BCUT2D eigenvalue weighted by Gasteiger charge is -2.27. The number of amides is 1. The first-order valence-corrected chi connectivity index (χ1v) is 9.25. The maximum Gasteiger partial charge on any atom is 0.308 e. The van der Waals surface area contributed by atoms with Crippen molar-refractivity contribution in [3.8, 4) is 11.6 Å². The molecule has 9 nitrogen and oxygen atoms in total. The van der Waals surface area contributed by atoms with Crippen LogP contribution < -0.4 is 5.32 Å². The molecule has 1 aliphatic rings. The molecule has 2 aromatic heterocycles. The van der Waals surface area contributed by atoms with Crippen LogP contribution in [0.25, 0.3) is 11.6 Å². The van der Waals surface area contributed by atoms with Crippen LogP contribution in [-0.2, 0) is 16.0 Å². The number of aromatic nitrogens is 4. The van der Waals surface area contributed by atoms with E-state index >= 15 is 0 Å². The molecule has 2 N–H and O–H groups in total. The molecule has 0 aliphatic heterocycles. The SMILES string of the molecule is O=C(CCc1nc(-c2ncccn2)no1)NC1CCCCCCC1C(=O)O. The number of aryl methyl sites for hydroxylation is 1. The first kappa shape index (κ1) is 18.9. The molecule has 1 amide bonds. The van der Waals surface area contributed by atoms with Gasteiger partial charge in [0.15, 0.2) is 0 Å². The van der Waals surface area contributed by atoms with Crippen molar-refractivity contribution in [2.24, 2.45) is 5.92 Å². The van der Waals surface area contributed by atoms with Crippen molar-refractivity contribution in [1.82, 2.24) is 25.4 Å². The second-order valence-corrected chi connectivity index (χ2v) is 6.69. The highest BCUT2D eigenvalue weighted by Crippen LogP contribution is 2.23. The standard InChI is InChI=1S/C18H23N5O4/c24-14(21-13-7-4-2-1-3-6-12(13)18(25)26)8-9-15-22-17(23-27-15)16-19-10-5-11-20-16/h5,10-13H,1-4,6-9H2,(H,21,24)(H,25,26). The van der Waals surface area contributed by atoms with Crippen LogP contribution in [-0.4, -0.2) is 43.1 Å². The molecule has 2 heterocycles. The van der Waals surface area contributed by atoms with E-state index in [1.54, 1.807) is 18.5 Å². The first-order valence-electron chi connectivity index (χ1n) is 9.25. The molecule has 0 bridgehead atoms. The molecular weight excluding hydrogens is 350 g/mol. The summed E-state index contributed by atoms with van der Waals surface area (Å²) in [6.45, 7) is 0. The molecule has 2 unspecified atom stereocenters. The lowest BCUT2D eigenvalue weighted by Crippen LogP contribution is -2.44. The number of hydrogen-bond acceptors (Lipinski definition) is 7. The Balaban J connectivity index is 1.54. The summed E-state index contributed by atoms with van der Waals surface area (Å²) in [6, 6.07) is 1.36. The van der Waals surface area contributed by atoms with E-state index in [1.807, 2.05) is 0 Å². The Morgan fingerprint density at radius 2 is 1.85 bits per heavy atom. The third kappa shape index (κ3) is 5.32. The van der Waals surface area contributed by atoms with Crippen LogP contribution in [0.3, 0.4) is 0 Å². The third-order valence-corrected chi connectivity index (χ3v) is 4.73. The van der Waals surface area contributed by atoms with Crippen LogP contribution >= 0.6 is 0 Å². The molecule has 1 fully saturated rings. The van der Waals surface area contributed by atoms with E-state index in [0.29, 0.717) is 24.6 Å². The normalized spacial score (nSPS) is 20.4. The van der Waals surface area contributed by atoms with E-state index in [4.69, 9.17) is 4.52 Å². The van der Waals surface area contributed by atoms with Crippen molar-refractivity contribution in [2.45, 2.75) is 57.4 Å². The van der Waals surface area contributed by atoms with Crippen molar-refractivity contribution in [3.05, 3.63) is 24.4 Å². The van der Waals surface area contributed by atoms with E-state index in [0.717, 1.165) is 25.7 Å². The van der Waals surface area contributed by atoms with Crippen molar-refractivity contribution in [3.63, 3.8) is 0 Å². The minimum Gasteiger partial charge on any atom is -0.481 e. The summed E-state index contributed by atoms with van der Waals surface area (Å²) >= 11 is 0. The van der Waals surface area contributed by atoms with Gasteiger partial charge in [-0.25, -0.2) is 9.97 Å². The summed E-state index contributed by atoms with van der Waals surface area (Å²) in [5, 5.41) is 16.2. The monoisotopic (exact) mass is 373 g/mol. The maximum atomic E-state index is 12.3. The summed E-state index contributed by atoms with van der Waals surface area (Å²) < 4.78 is 5.14. The Hall–Kier alpha value is -2.84. The fraction of sp³-hybridized carbons (Fsp3) is 0.556. The summed E-state index contributed by atoms with van der Waals surface area (Å²) in [6.07, 6.45) is 8.83. The summed E-state index contributed by atoms with van der Waals surface area (Å²) in [4.78, 5) is 36.1. The number of carbonyl (C=O) groups is 2. The number of nitrogens with zero attached hydrogens (tertiary/aromatic N) is 4. The molecule has 2 aromatic rings. The Kier molecular flexibility index (Phi) is 6.45. The van der Waals surface area contributed by atoms with Gasteiger partial charge in [0.1, 0.15) is 0 Å². The molecule has 0 aromatic carbocycles. The van der Waals surface area contributed by atoms with E-state index in [9.17, 15) is 14.7 Å². The number of carbonyl (C=O) groups excluding carboxylic acids is 1. The topological polar surface area (TPSA) is 131 Å². The van der Waals surface area contributed by atoms with Gasteiger partial charge in [-0.1, -0.05) is 30.8 Å². The highest BCUT2D eigenvalue weighted by atomic mass is 16.5. The third-order valence-electron chi connectivity index (χ3n) is 4.73. The van der Waals surface area contributed by atoms with E-state index in [2.05, 4.69) is 25.4 Å². The maximum absolute atomic E-state index is 12.3. The summed E-state index contributed by atoms with van der Waals surface area (Å²) in [5.41, 5.74) is 0. The number of rotatable bonds is 6. The predicted molar refractivity (Wildman–Crippen MR) is 94.4 cm³/mol. The molecule has 1 aliphatic carbocycles. The number of hydrogen-bond donors (Lipinski definition) is 2. The molecule has 27 heavy (non-hydrogen) atoms. The molecular formula is C18H23N5O4. The predicted octanol–water partition coefficient (Wildman–Crippen LogP) is 2.00. The summed E-state index contributed by atoms with van der Waals surface area (Å²) in [5.74, 6) is -0.624. The largest absolute Gasteiger partial charge is 0.481 e. The fourth-order valence-electron chi connectivity index (χ4n) is 3.31. The Labute approximate surface area is 156 Å². The van der Waals surface area contributed by atoms with Crippen LogP contribution in [0.15, 0.2) is 23.0 Å². The smallest absolute Gasteiger partial charge is 0.308 e. The number of carboxylic acid groups (broad SMARTS) is 1. The van der Waals surface area contributed by atoms with Crippen molar-refractivity contribution < 1.29 is 19.2 Å². The van der Waals surface area contributed by atoms with Gasteiger partial charge in [0.05, 0.1) is 5.92 Å². The van der Waals surface area contributed by atoms with E-state index in [-0.39, 0.29) is 30.6 Å². The van der Waals surface area contributed by atoms with Gasteiger partial charge in [-0.3, -0.25) is 9.59 Å². The minimum absolute atomic E-state index is 0.153. The van der Waals surface area contributed by atoms with E-state index < -0.39 is 11.9 Å². The molecule has 9 heteroatoms. The van der Waals surface area contributed by atoms with Gasteiger partial charge in [-0.05, 0) is 18.9 Å². The molecule has 0 spiro atoms. The van der Waals surface area contributed by atoms with Crippen LogP contribution in [0.5, 0.6) is 0 Å². The molecule has 0 radical (unpaired) electrons. The fourth-order valence-corrected chi connectivity index (χ4v) is 3.31. The lowest BCUT2D eigenvalue weighted by atomic mass is 9.86. The molecule has 0 saturated heterocycles. The zero-order chi connectivity index (χ0) is 19.1. The van der Waals surface area contributed by atoms with Gasteiger partial charge >= 0.3 is 5.97 Å². The highest BCUT2D eigenvalue weighted by Gasteiger charge is 2.29. The minimum atomic E-state index is -0.841. The van der Waals surface area contributed by atoms with Crippen molar-refractivity contribution >= 4 is 11.9 Å². The van der Waals surface area contributed by atoms with Gasteiger partial charge in [0.25, 0.3) is 0 Å². The Morgan fingerprint density at radius 1 is 1.11 bits per heavy atom. The molecule has 1 saturated carbocycles. The first-order chi connectivity index (χ1) is 13.1. The number of carboxylic acids is 1. The molecule has 2 atom stereocenters. The quantitative estimate of drug-likeness (QED) is 0.786. The van der Waals surface area contributed by atoms with Gasteiger partial charge in [-0.2, -0.15) is 4.98 Å². The van der Waals surface area contributed by atoms with Gasteiger partial charge in [0, 0.05) is 31.3 Å². The van der Waals surface area contributed by atoms with Crippen molar-refractivity contribution in [2.75, 3.05) is 0 Å². The van der Waals surface area contributed by atoms with Crippen LogP contribution in [0.2, 0.25) is 0 Å². The number of nitrogens with one attached hydrogen (secondary N) is 1. The zero-order valence-corrected chi connectivity index (χ0v) is 15.0. The van der Waals surface area contributed by atoms with Crippen molar-refractivity contribution in [1.29, 1.82) is 0 Å². The molecule has 144 valence electrons. The van der Waals surface area contributed by atoms with Crippen LogP contribution in [0, 0.1) is 5.92 Å².